The van der Waals surface area contributed by atoms with Crippen molar-refractivity contribution < 1.29 is 9.59 Å². The summed E-state index contributed by atoms with van der Waals surface area (Å²) in [5.41, 5.74) is 1.36. The van der Waals surface area contributed by atoms with Crippen LogP contribution in [0, 0.1) is 12.8 Å². The van der Waals surface area contributed by atoms with Crippen LogP contribution in [-0.2, 0) is 11.3 Å². The molecular formula is C16H20N4O2S. The minimum Gasteiger partial charge on any atom is -0.333 e. The predicted octanol–water partition coefficient (Wildman–Crippen LogP) is 3.37. The van der Waals surface area contributed by atoms with E-state index >= 15 is 0 Å². The number of carbonyl (C=O) groups is 2. The number of hydrogen-bond acceptors (Lipinski definition) is 4. The normalized spacial score (nSPS) is 10.4. The van der Waals surface area contributed by atoms with Gasteiger partial charge in [-0.05, 0) is 31.2 Å². The first-order valence-electron chi connectivity index (χ1n) is 7.31. The maximum absolute atomic E-state index is 11.8. The molecule has 0 saturated carbocycles. The van der Waals surface area contributed by atoms with Crippen LogP contribution in [0.1, 0.15) is 23.7 Å². The first-order chi connectivity index (χ1) is 10.9. The van der Waals surface area contributed by atoms with E-state index in [2.05, 4.69) is 20.9 Å². The SMILES string of the molecule is Cc1ncc(CNC(=O)Nc2ccc(NC(=O)C(C)C)cc2)s1. The molecule has 0 aliphatic heterocycles. The maximum atomic E-state index is 11.8. The molecule has 1 heterocycles. The molecule has 6 nitrogen and oxygen atoms in total. The molecular weight excluding hydrogens is 312 g/mol. The molecule has 1 aromatic heterocycles. The van der Waals surface area contributed by atoms with E-state index in [0.29, 0.717) is 17.9 Å². The Bertz CT molecular complexity index is 680. The van der Waals surface area contributed by atoms with E-state index in [1.54, 1.807) is 41.8 Å². The number of urea groups is 1. The highest BCUT2D eigenvalue weighted by Gasteiger charge is 2.07. The van der Waals surface area contributed by atoms with E-state index in [1.165, 1.54) is 0 Å². The lowest BCUT2D eigenvalue weighted by atomic mass is 10.2. The van der Waals surface area contributed by atoms with Crippen LogP contribution >= 0.6 is 11.3 Å². The van der Waals surface area contributed by atoms with Gasteiger partial charge in [0.15, 0.2) is 0 Å². The van der Waals surface area contributed by atoms with Crippen molar-refractivity contribution in [3.05, 3.63) is 40.3 Å². The van der Waals surface area contributed by atoms with Gasteiger partial charge >= 0.3 is 6.03 Å². The molecule has 0 atom stereocenters. The second-order valence-electron chi connectivity index (χ2n) is 5.37. The van der Waals surface area contributed by atoms with Crippen molar-refractivity contribution in [1.29, 1.82) is 0 Å². The zero-order valence-corrected chi connectivity index (χ0v) is 14.2. The molecule has 0 spiro atoms. The molecule has 0 radical (unpaired) electrons. The van der Waals surface area contributed by atoms with Crippen molar-refractivity contribution in [2.75, 3.05) is 10.6 Å². The Morgan fingerprint density at radius 3 is 2.26 bits per heavy atom. The number of rotatable bonds is 5. The van der Waals surface area contributed by atoms with Gasteiger partial charge in [-0.25, -0.2) is 9.78 Å². The monoisotopic (exact) mass is 332 g/mol. The molecule has 3 N–H and O–H groups in total. The van der Waals surface area contributed by atoms with E-state index < -0.39 is 0 Å². The van der Waals surface area contributed by atoms with E-state index in [4.69, 9.17) is 0 Å². The summed E-state index contributed by atoms with van der Waals surface area (Å²) in [5.74, 6) is -0.114. The third-order valence-corrected chi connectivity index (χ3v) is 3.94. The number of nitrogens with one attached hydrogen (secondary N) is 3. The third-order valence-electron chi connectivity index (χ3n) is 3.03. The summed E-state index contributed by atoms with van der Waals surface area (Å²) in [4.78, 5) is 28.6. The molecule has 2 aromatic rings. The van der Waals surface area contributed by atoms with Crippen molar-refractivity contribution in [2.45, 2.75) is 27.3 Å². The molecule has 0 fully saturated rings. The van der Waals surface area contributed by atoms with Gasteiger partial charge < -0.3 is 16.0 Å². The third kappa shape index (κ3) is 5.37. The summed E-state index contributed by atoms with van der Waals surface area (Å²) in [7, 11) is 0. The summed E-state index contributed by atoms with van der Waals surface area (Å²) < 4.78 is 0. The Morgan fingerprint density at radius 1 is 1.13 bits per heavy atom. The number of anilines is 2. The molecule has 122 valence electrons. The number of hydrogen-bond donors (Lipinski definition) is 3. The number of thiazole rings is 1. The van der Waals surface area contributed by atoms with Crippen molar-refractivity contribution in [1.82, 2.24) is 10.3 Å². The van der Waals surface area contributed by atoms with Crippen LogP contribution < -0.4 is 16.0 Å². The minimum atomic E-state index is -0.282. The largest absolute Gasteiger partial charge is 0.333 e. The molecule has 2 rings (SSSR count). The quantitative estimate of drug-likeness (QED) is 0.785. The van der Waals surface area contributed by atoms with Gasteiger partial charge in [-0.2, -0.15) is 0 Å². The van der Waals surface area contributed by atoms with Crippen LogP contribution in [0.3, 0.4) is 0 Å². The van der Waals surface area contributed by atoms with Crippen molar-refractivity contribution in [2.24, 2.45) is 5.92 Å². The summed E-state index contributed by atoms with van der Waals surface area (Å²) in [5, 5.41) is 9.29. The van der Waals surface area contributed by atoms with Crippen molar-refractivity contribution in [3.63, 3.8) is 0 Å². The number of aryl methyl sites for hydroxylation is 1. The summed E-state index contributed by atoms with van der Waals surface area (Å²) >= 11 is 1.55. The van der Waals surface area contributed by atoms with Crippen LogP contribution in [0.4, 0.5) is 16.2 Å². The molecule has 0 aliphatic rings. The average molecular weight is 332 g/mol. The first kappa shape index (κ1) is 17.0. The number of carbonyl (C=O) groups excluding carboxylic acids is 2. The summed E-state index contributed by atoms with van der Waals surface area (Å²) in [6.45, 7) is 6.04. The van der Waals surface area contributed by atoms with Gasteiger partial charge in [0.2, 0.25) is 5.91 Å². The van der Waals surface area contributed by atoms with Gasteiger partial charge in [0.05, 0.1) is 11.6 Å². The molecule has 0 unspecified atom stereocenters. The lowest BCUT2D eigenvalue weighted by Crippen LogP contribution is -2.27. The number of nitrogens with zero attached hydrogens (tertiary/aromatic N) is 1. The zero-order valence-electron chi connectivity index (χ0n) is 13.3. The number of benzene rings is 1. The van der Waals surface area contributed by atoms with Crippen LogP contribution in [0.5, 0.6) is 0 Å². The molecule has 0 saturated heterocycles. The van der Waals surface area contributed by atoms with E-state index in [-0.39, 0.29) is 17.9 Å². The van der Waals surface area contributed by atoms with Gasteiger partial charge in [-0.15, -0.1) is 11.3 Å². The second kappa shape index (κ2) is 7.73. The number of amides is 3. The highest BCUT2D eigenvalue weighted by atomic mass is 32.1. The Balaban J connectivity index is 1.83. The lowest BCUT2D eigenvalue weighted by molar-refractivity contribution is -0.118. The topological polar surface area (TPSA) is 83.1 Å². The molecule has 23 heavy (non-hydrogen) atoms. The van der Waals surface area contributed by atoms with Crippen LogP contribution in [0.15, 0.2) is 30.5 Å². The van der Waals surface area contributed by atoms with Crippen LogP contribution in [0.2, 0.25) is 0 Å². The maximum Gasteiger partial charge on any atom is 0.319 e. The summed E-state index contributed by atoms with van der Waals surface area (Å²) in [6.07, 6.45) is 1.76. The van der Waals surface area contributed by atoms with Gasteiger partial charge in [-0.3, -0.25) is 4.79 Å². The smallest absolute Gasteiger partial charge is 0.319 e. The van der Waals surface area contributed by atoms with E-state index in [1.807, 2.05) is 20.8 Å². The molecule has 0 bridgehead atoms. The lowest BCUT2D eigenvalue weighted by Gasteiger charge is -2.09. The Hall–Kier alpha value is -2.41. The van der Waals surface area contributed by atoms with E-state index in [0.717, 1.165) is 9.88 Å². The standard InChI is InChI=1S/C16H20N4O2S/c1-10(2)15(21)19-12-4-6-13(7-5-12)20-16(22)18-9-14-8-17-11(3)23-14/h4-8,10H,9H2,1-3H3,(H,19,21)(H2,18,20,22). The first-order valence-corrected chi connectivity index (χ1v) is 8.13. The molecule has 3 amide bonds. The Kier molecular flexibility index (Phi) is 5.70. The second-order valence-corrected chi connectivity index (χ2v) is 6.69. The van der Waals surface area contributed by atoms with Crippen LogP contribution in [0.25, 0.3) is 0 Å². The molecule has 0 aliphatic carbocycles. The van der Waals surface area contributed by atoms with E-state index in [9.17, 15) is 9.59 Å². The average Bonchev–Trinajstić information content (AvgIpc) is 2.92. The number of aromatic nitrogens is 1. The van der Waals surface area contributed by atoms with Crippen LogP contribution in [-0.4, -0.2) is 16.9 Å². The van der Waals surface area contributed by atoms with Gasteiger partial charge in [-0.1, -0.05) is 13.8 Å². The fourth-order valence-electron chi connectivity index (χ4n) is 1.75. The Labute approximate surface area is 139 Å². The highest BCUT2D eigenvalue weighted by molar-refractivity contribution is 7.11. The predicted molar refractivity (Wildman–Crippen MR) is 92.6 cm³/mol. The molecule has 7 heteroatoms. The zero-order chi connectivity index (χ0) is 16.8. The Morgan fingerprint density at radius 2 is 1.74 bits per heavy atom. The van der Waals surface area contributed by atoms with Gasteiger partial charge in [0, 0.05) is 28.4 Å². The van der Waals surface area contributed by atoms with Gasteiger partial charge in [0.1, 0.15) is 0 Å². The summed E-state index contributed by atoms with van der Waals surface area (Å²) in [6, 6.07) is 6.71. The van der Waals surface area contributed by atoms with Crippen molar-refractivity contribution >= 4 is 34.6 Å². The molecule has 1 aromatic carbocycles. The highest BCUT2D eigenvalue weighted by Crippen LogP contribution is 2.15. The fourth-order valence-corrected chi connectivity index (χ4v) is 2.49. The van der Waals surface area contributed by atoms with Gasteiger partial charge in [0.25, 0.3) is 0 Å². The minimum absolute atomic E-state index is 0.0386. The van der Waals surface area contributed by atoms with Crippen molar-refractivity contribution in [3.8, 4) is 0 Å². The fraction of sp³-hybridized carbons (Fsp3) is 0.312.